The quantitative estimate of drug-likeness (QED) is 0.875. The number of pyridine rings is 1. The number of rotatable bonds is 6. The predicted octanol–water partition coefficient (Wildman–Crippen LogP) is 2.97. The Balaban J connectivity index is 1.37. The molecule has 0 aromatic carbocycles. The molecule has 24 heavy (non-hydrogen) atoms. The summed E-state index contributed by atoms with van der Waals surface area (Å²) in [4.78, 5) is 20.6. The van der Waals surface area contributed by atoms with Gasteiger partial charge in [-0.25, -0.2) is 4.98 Å². The average molecular weight is 344 g/mol. The van der Waals surface area contributed by atoms with Crippen LogP contribution in [0.15, 0.2) is 42.1 Å². The molecule has 0 saturated heterocycles. The first-order valence-electron chi connectivity index (χ1n) is 8.53. The molecule has 5 nitrogen and oxygen atoms in total. The van der Waals surface area contributed by atoms with Crippen molar-refractivity contribution in [2.24, 2.45) is 7.05 Å². The van der Waals surface area contributed by atoms with Gasteiger partial charge in [-0.05, 0) is 43.7 Å². The number of imidazole rings is 1. The van der Waals surface area contributed by atoms with E-state index in [1.807, 2.05) is 49.5 Å². The molecule has 0 unspecified atom stereocenters. The molecule has 1 N–H and O–H groups in total. The lowest BCUT2D eigenvalue weighted by Gasteiger charge is -2.28. The molecule has 0 aliphatic heterocycles. The van der Waals surface area contributed by atoms with Crippen molar-refractivity contribution in [1.82, 2.24) is 19.9 Å². The van der Waals surface area contributed by atoms with Gasteiger partial charge in [0.1, 0.15) is 0 Å². The third-order valence-corrected chi connectivity index (χ3v) is 5.86. The molecule has 1 amide bonds. The standard InChI is InChI=1S/C18H24N4OS/c1-22-12-11-20-18(22)24-16-7-5-15(6-8-16)21-17(23)9-4-14-3-2-10-19-13-14/h2-3,10-13,15-16H,4-9H2,1H3,(H,21,23). The van der Waals surface area contributed by atoms with Gasteiger partial charge in [0.05, 0.1) is 0 Å². The van der Waals surface area contributed by atoms with Crippen molar-refractivity contribution in [3.8, 4) is 0 Å². The molecule has 6 heteroatoms. The zero-order valence-electron chi connectivity index (χ0n) is 14.0. The first-order chi connectivity index (χ1) is 11.7. The highest BCUT2D eigenvalue weighted by Gasteiger charge is 2.24. The van der Waals surface area contributed by atoms with Gasteiger partial charge < -0.3 is 9.88 Å². The summed E-state index contributed by atoms with van der Waals surface area (Å²) in [5.41, 5.74) is 1.11. The molecule has 0 spiro atoms. The summed E-state index contributed by atoms with van der Waals surface area (Å²) in [7, 11) is 2.03. The third-order valence-electron chi connectivity index (χ3n) is 4.45. The van der Waals surface area contributed by atoms with Gasteiger partial charge in [0.2, 0.25) is 5.91 Å². The van der Waals surface area contributed by atoms with Crippen LogP contribution in [0, 0.1) is 0 Å². The Morgan fingerprint density at radius 1 is 1.33 bits per heavy atom. The molecule has 1 saturated carbocycles. The molecule has 0 radical (unpaired) electrons. The molecule has 2 aromatic heterocycles. The number of nitrogens with one attached hydrogen (secondary N) is 1. The maximum absolute atomic E-state index is 12.1. The van der Waals surface area contributed by atoms with Gasteiger partial charge in [-0.1, -0.05) is 17.8 Å². The van der Waals surface area contributed by atoms with Crippen LogP contribution >= 0.6 is 11.8 Å². The van der Waals surface area contributed by atoms with E-state index in [0.717, 1.165) is 42.8 Å². The van der Waals surface area contributed by atoms with Crippen LogP contribution in [0.4, 0.5) is 0 Å². The van der Waals surface area contributed by atoms with Gasteiger partial charge >= 0.3 is 0 Å². The fourth-order valence-corrected chi connectivity index (χ4v) is 4.20. The number of nitrogens with zero attached hydrogens (tertiary/aromatic N) is 3. The van der Waals surface area contributed by atoms with E-state index < -0.39 is 0 Å². The molecule has 1 aliphatic rings. The minimum atomic E-state index is 0.152. The lowest BCUT2D eigenvalue weighted by atomic mass is 9.95. The molecular weight excluding hydrogens is 320 g/mol. The largest absolute Gasteiger partial charge is 0.353 e. The highest BCUT2D eigenvalue weighted by molar-refractivity contribution is 7.99. The van der Waals surface area contributed by atoms with E-state index in [-0.39, 0.29) is 5.91 Å². The van der Waals surface area contributed by atoms with Crippen molar-refractivity contribution in [2.45, 2.75) is 55.0 Å². The van der Waals surface area contributed by atoms with E-state index in [1.54, 1.807) is 6.20 Å². The van der Waals surface area contributed by atoms with Crippen molar-refractivity contribution >= 4 is 17.7 Å². The van der Waals surface area contributed by atoms with Crippen LogP contribution in [0.2, 0.25) is 0 Å². The number of hydrogen-bond acceptors (Lipinski definition) is 4. The number of aromatic nitrogens is 3. The van der Waals surface area contributed by atoms with E-state index in [1.165, 1.54) is 0 Å². The summed E-state index contributed by atoms with van der Waals surface area (Å²) in [6.07, 6.45) is 13.1. The minimum absolute atomic E-state index is 0.152. The summed E-state index contributed by atoms with van der Waals surface area (Å²) in [6.45, 7) is 0. The van der Waals surface area contributed by atoms with Crippen molar-refractivity contribution in [1.29, 1.82) is 0 Å². The van der Waals surface area contributed by atoms with Crippen molar-refractivity contribution < 1.29 is 4.79 Å². The zero-order chi connectivity index (χ0) is 16.8. The molecule has 2 aromatic rings. The Hall–Kier alpha value is -1.82. The van der Waals surface area contributed by atoms with E-state index in [0.29, 0.717) is 17.7 Å². The van der Waals surface area contributed by atoms with E-state index in [9.17, 15) is 4.79 Å². The van der Waals surface area contributed by atoms with Crippen LogP contribution < -0.4 is 5.32 Å². The molecule has 128 valence electrons. The Morgan fingerprint density at radius 2 is 2.17 bits per heavy atom. The van der Waals surface area contributed by atoms with Crippen LogP contribution in [0.25, 0.3) is 0 Å². The van der Waals surface area contributed by atoms with Crippen LogP contribution in [-0.4, -0.2) is 31.7 Å². The Bertz CT molecular complexity index is 650. The molecule has 1 aliphatic carbocycles. The molecule has 1 fully saturated rings. The summed E-state index contributed by atoms with van der Waals surface area (Å²) < 4.78 is 2.07. The summed E-state index contributed by atoms with van der Waals surface area (Å²) in [5.74, 6) is 0.152. The van der Waals surface area contributed by atoms with Gasteiger partial charge in [-0.15, -0.1) is 0 Å². The Labute approximate surface area is 147 Å². The van der Waals surface area contributed by atoms with Crippen molar-refractivity contribution in [2.75, 3.05) is 0 Å². The highest BCUT2D eigenvalue weighted by Crippen LogP contribution is 2.32. The maximum atomic E-state index is 12.1. The van der Waals surface area contributed by atoms with Gasteiger partial charge in [0.25, 0.3) is 0 Å². The Morgan fingerprint density at radius 3 is 2.83 bits per heavy atom. The van der Waals surface area contributed by atoms with Gasteiger partial charge in [0, 0.05) is 49.5 Å². The highest BCUT2D eigenvalue weighted by atomic mass is 32.2. The SMILES string of the molecule is Cn1ccnc1SC1CCC(NC(=O)CCc2cccnc2)CC1. The third kappa shape index (κ3) is 4.84. The number of carbonyl (C=O) groups excluding carboxylic acids is 1. The summed E-state index contributed by atoms with van der Waals surface area (Å²) in [6, 6.07) is 4.25. The molecule has 0 atom stereocenters. The first-order valence-corrected chi connectivity index (χ1v) is 9.41. The van der Waals surface area contributed by atoms with Crippen molar-refractivity contribution in [3.63, 3.8) is 0 Å². The first kappa shape index (κ1) is 17.0. The average Bonchev–Trinajstić information content (AvgIpc) is 3.01. The lowest BCUT2D eigenvalue weighted by molar-refractivity contribution is -0.121. The summed E-state index contributed by atoms with van der Waals surface area (Å²) in [5, 5.41) is 4.88. The van der Waals surface area contributed by atoms with Crippen molar-refractivity contribution in [3.05, 3.63) is 42.5 Å². The molecule has 2 heterocycles. The second kappa shape index (κ2) is 8.33. The van der Waals surface area contributed by atoms with Crippen LogP contribution in [0.1, 0.15) is 37.7 Å². The van der Waals surface area contributed by atoms with E-state index in [4.69, 9.17) is 0 Å². The van der Waals surface area contributed by atoms with E-state index >= 15 is 0 Å². The van der Waals surface area contributed by atoms with Gasteiger partial charge in [0.15, 0.2) is 5.16 Å². The molecule has 3 rings (SSSR count). The minimum Gasteiger partial charge on any atom is -0.353 e. The topological polar surface area (TPSA) is 59.8 Å². The zero-order valence-corrected chi connectivity index (χ0v) is 14.8. The van der Waals surface area contributed by atoms with Crippen LogP contribution in [0.5, 0.6) is 0 Å². The summed E-state index contributed by atoms with van der Waals surface area (Å²) >= 11 is 1.86. The van der Waals surface area contributed by atoms with Gasteiger partial charge in [-0.2, -0.15) is 0 Å². The maximum Gasteiger partial charge on any atom is 0.220 e. The number of carbonyl (C=O) groups is 1. The monoisotopic (exact) mass is 344 g/mol. The fourth-order valence-electron chi connectivity index (χ4n) is 3.04. The lowest BCUT2D eigenvalue weighted by Crippen LogP contribution is -2.38. The Kier molecular flexibility index (Phi) is 5.91. The van der Waals surface area contributed by atoms with Crippen LogP contribution in [-0.2, 0) is 18.3 Å². The number of thioether (sulfide) groups is 1. The molecule has 0 bridgehead atoms. The van der Waals surface area contributed by atoms with Gasteiger partial charge in [-0.3, -0.25) is 9.78 Å². The second-order valence-electron chi connectivity index (χ2n) is 6.34. The smallest absolute Gasteiger partial charge is 0.220 e. The number of aryl methyl sites for hydroxylation is 2. The fraction of sp³-hybridized carbons (Fsp3) is 0.500. The number of amides is 1. The normalized spacial score (nSPS) is 20.7. The second-order valence-corrected chi connectivity index (χ2v) is 7.61. The predicted molar refractivity (Wildman–Crippen MR) is 95.8 cm³/mol. The number of hydrogen-bond donors (Lipinski definition) is 1. The molecular formula is C18H24N4OS. The van der Waals surface area contributed by atoms with E-state index in [2.05, 4.69) is 19.9 Å². The van der Waals surface area contributed by atoms with Crippen LogP contribution in [0.3, 0.4) is 0 Å².